The van der Waals surface area contributed by atoms with Crippen molar-refractivity contribution in [3.05, 3.63) is 36.8 Å². The van der Waals surface area contributed by atoms with E-state index in [2.05, 4.69) is 32.6 Å². The predicted molar refractivity (Wildman–Crippen MR) is 76.3 cm³/mol. The molecule has 3 rings (SSSR count). The molecule has 6 nitrogen and oxygen atoms in total. The van der Waals surface area contributed by atoms with Gasteiger partial charge in [0.05, 0.1) is 19.6 Å². The largest absolute Gasteiger partial charge is 0.497 e. The fourth-order valence-corrected chi connectivity index (χ4v) is 1.48. The van der Waals surface area contributed by atoms with Gasteiger partial charge in [0.2, 0.25) is 5.95 Å². The second kappa shape index (κ2) is 6.05. The van der Waals surface area contributed by atoms with Gasteiger partial charge < -0.3 is 15.5 Å². The van der Waals surface area contributed by atoms with E-state index in [4.69, 9.17) is 10.5 Å². The minimum absolute atomic E-state index is 0.250. The van der Waals surface area contributed by atoms with Crippen molar-refractivity contribution in [2.24, 2.45) is 0 Å². The molecule has 3 N–H and O–H groups in total. The second-order valence-electron chi connectivity index (χ2n) is 3.57. The average Bonchev–Trinajstić information content (AvgIpc) is 2.87. The first-order chi connectivity index (χ1) is 9.19. The van der Waals surface area contributed by atoms with Crippen LogP contribution in [0.1, 0.15) is 0 Å². The number of methoxy groups -OCH3 is 1. The van der Waals surface area contributed by atoms with Gasteiger partial charge in [-0.3, -0.25) is 0 Å². The number of imidazole rings is 1. The zero-order valence-corrected chi connectivity index (χ0v) is 11.1. The van der Waals surface area contributed by atoms with Crippen molar-refractivity contribution >= 4 is 29.7 Å². The number of thiol groups is 1. The van der Waals surface area contributed by atoms with Gasteiger partial charge >= 0.3 is 0 Å². The van der Waals surface area contributed by atoms with Gasteiger partial charge in [-0.05, 0) is 24.3 Å². The minimum atomic E-state index is 0.250. The van der Waals surface area contributed by atoms with Crippen molar-refractivity contribution in [1.29, 1.82) is 0 Å². The predicted octanol–water partition coefficient (Wildman–Crippen LogP) is 1.92. The number of benzene rings is 1. The van der Waals surface area contributed by atoms with Crippen LogP contribution in [0.4, 0.5) is 5.95 Å². The van der Waals surface area contributed by atoms with Crippen molar-refractivity contribution in [3.8, 4) is 5.75 Å². The summed E-state index contributed by atoms with van der Waals surface area (Å²) in [6.07, 6.45) is 3.16. The summed E-state index contributed by atoms with van der Waals surface area (Å²) < 4.78 is 4.94. The second-order valence-corrected chi connectivity index (χ2v) is 4.08. The molecule has 0 atom stereocenters. The molecule has 3 aromatic rings. The Morgan fingerprint density at radius 1 is 1.21 bits per heavy atom. The van der Waals surface area contributed by atoms with Crippen LogP contribution in [0.15, 0.2) is 41.7 Å². The summed E-state index contributed by atoms with van der Waals surface area (Å²) in [7, 11) is 1.65. The van der Waals surface area contributed by atoms with Crippen molar-refractivity contribution < 1.29 is 4.74 Å². The van der Waals surface area contributed by atoms with Gasteiger partial charge in [0, 0.05) is 4.90 Å². The van der Waals surface area contributed by atoms with Gasteiger partial charge in [-0.25, -0.2) is 9.97 Å². The molecule has 0 aliphatic heterocycles. The molecular weight excluding hydrogens is 262 g/mol. The van der Waals surface area contributed by atoms with Gasteiger partial charge in [-0.15, -0.1) is 12.6 Å². The summed E-state index contributed by atoms with van der Waals surface area (Å²) in [5.74, 6) is 1.12. The van der Waals surface area contributed by atoms with Gasteiger partial charge in [0.15, 0.2) is 5.65 Å². The van der Waals surface area contributed by atoms with E-state index in [0.717, 1.165) is 16.2 Å². The average molecular weight is 275 g/mol. The van der Waals surface area contributed by atoms with Crippen LogP contribution in [0.25, 0.3) is 11.2 Å². The molecule has 0 bridgehead atoms. The molecule has 0 radical (unpaired) electrons. The summed E-state index contributed by atoms with van der Waals surface area (Å²) in [6, 6.07) is 7.54. The first-order valence-corrected chi connectivity index (χ1v) is 5.88. The Labute approximate surface area is 115 Å². The van der Waals surface area contributed by atoms with E-state index in [-0.39, 0.29) is 5.95 Å². The third-order valence-electron chi connectivity index (χ3n) is 2.27. The Hall–Kier alpha value is -2.28. The zero-order chi connectivity index (χ0) is 13.7. The Balaban J connectivity index is 0.000000141. The number of nitrogens with two attached hydrogens (primary N) is 1. The van der Waals surface area contributed by atoms with E-state index in [1.54, 1.807) is 19.6 Å². The van der Waals surface area contributed by atoms with Crippen molar-refractivity contribution in [2.45, 2.75) is 4.90 Å². The minimum Gasteiger partial charge on any atom is -0.497 e. The first-order valence-electron chi connectivity index (χ1n) is 5.43. The quantitative estimate of drug-likeness (QED) is 0.590. The normalized spacial score (nSPS) is 9.79. The Morgan fingerprint density at radius 3 is 2.63 bits per heavy atom. The maximum atomic E-state index is 5.31. The molecular formula is C12H13N5OS. The number of nitrogens with one attached hydrogen (secondary N) is 1. The number of hydrogen-bond acceptors (Lipinski definition) is 6. The fourth-order valence-electron chi connectivity index (χ4n) is 1.33. The number of rotatable bonds is 1. The smallest absolute Gasteiger partial charge is 0.222 e. The van der Waals surface area contributed by atoms with E-state index in [9.17, 15) is 0 Å². The van der Waals surface area contributed by atoms with E-state index >= 15 is 0 Å². The molecule has 2 heterocycles. The number of anilines is 1. The van der Waals surface area contributed by atoms with Crippen molar-refractivity contribution in [3.63, 3.8) is 0 Å². The van der Waals surface area contributed by atoms with Crippen LogP contribution >= 0.6 is 12.6 Å². The summed E-state index contributed by atoms with van der Waals surface area (Å²) in [5.41, 5.74) is 6.71. The van der Waals surface area contributed by atoms with Crippen molar-refractivity contribution in [1.82, 2.24) is 19.9 Å². The SMILES string of the molecule is COc1ccc(S)cc1.Nc1ncc2[nH]cnc2n1. The third-order valence-corrected chi connectivity index (χ3v) is 2.56. The first kappa shape index (κ1) is 13.2. The molecule has 7 heteroatoms. The molecule has 0 saturated carbocycles. The number of aromatic nitrogens is 4. The lowest BCUT2D eigenvalue weighted by molar-refractivity contribution is 0.414. The third kappa shape index (κ3) is 3.59. The summed E-state index contributed by atoms with van der Waals surface area (Å²) in [4.78, 5) is 15.3. The van der Waals surface area contributed by atoms with E-state index < -0.39 is 0 Å². The zero-order valence-electron chi connectivity index (χ0n) is 10.2. The molecule has 0 amide bonds. The maximum absolute atomic E-state index is 5.31. The number of nitrogens with zero attached hydrogens (tertiary/aromatic N) is 3. The number of ether oxygens (including phenoxy) is 1. The summed E-state index contributed by atoms with van der Waals surface area (Å²) in [6.45, 7) is 0. The molecule has 2 aromatic heterocycles. The van der Waals surface area contributed by atoms with E-state index in [1.807, 2.05) is 24.3 Å². The molecule has 0 unspecified atom stereocenters. The number of nitrogen functional groups attached to an aromatic ring is 1. The van der Waals surface area contributed by atoms with Crippen molar-refractivity contribution in [2.75, 3.05) is 12.8 Å². The lowest BCUT2D eigenvalue weighted by Crippen LogP contribution is -1.93. The van der Waals surface area contributed by atoms with Crippen LogP contribution < -0.4 is 10.5 Å². The summed E-state index contributed by atoms with van der Waals surface area (Å²) >= 11 is 4.11. The Bertz CT molecular complexity index is 653. The topological polar surface area (TPSA) is 89.7 Å². The molecule has 1 aromatic carbocycles. The van der Waals surface area contributed by atoms with Crippen LogP contribution in [0, 0.1) is 0 Å². The van der Waals surface area contributed by atoms with Gasteiger partial charge in [-0.1, -0.05) is 0 Å². The Kier molecular flexibility index (Phi) is 4.19. The van der Waals surface area contributed by atoms with E-state index in [0.29, 0.717) is 5.65 Å². The maximum Gasteiger partial charge on any atom is 0.222 e. The standard InChI is InChI=1S/C7H8OS.C5H5N5/c1-8-6-2-4-7(9)5-3-6;6-5-7-1-3-4(10-5)9-2-8-3/h2-5,9H,1H3;1-2H,(H3,6,7,8,9,10). The van der Waals surface area contributed by atoms with Crippen LogP contribution in [0.3, 0.4) is 0 Å². The monoisotopic (exact) mass is 275 g/mol. The molecule has 0 spiro atoms. The van der Waals surface area contributed by atoms with Gasteiger partial charge in [0.1, 0.15) is 11.3 Å². The van der Waals surface area contributed by atoms with Crippen LogP contribution in [-0.2, 0) is 0 Å². The highest BCUT2D eigenvalue weighted by Crippen LogP contribution is 2.12. The number of aromatic amines is 1. The fraction of sp³-hybridized carbons (Fsp3) is 0.0833. The molecule has 0 aliphatic carbocycles. The highest BCUT2D eigenvalue weighted by atomic mass is 32.1. The molecule has 98 valence electrons. The van der Waals surface area contributed by atoms with Gasteiger partial charge in [0.25, 0.3) is 0 Å². The molecule has 0 fully saturated rings. The highest BCUT2D eigenvalue weighted by Gasteiger charge is 1.96. The molecule has 0 saturated heterocycles. The van der Waals surface area contributed by atoms with Gasteiger partial charge in [-0.2, -0.15) is 4.98 Å². The number of fused-ring (bicyclic) bond motifs is 1. The van der Waals surface area contributed by atoms with Crippen LogP contribution in [0.2, 0.25) is 0 Å². The number of H-pyrrole nitrogens is 1. The molecule has 19 heavy (non-hydrogen) atoms. The lowest BCUT2D eigenvalue weighted by Gasteiger charge is -1.96. The van der Waals surface area contributed by atoms with Crippen LogP contribution in [-0.4, -0.2) is 27.0 Å². The number of hydrogen-bond donors (Lipinski definition) is 3. The van der Waals surface area contributed by atoms with E-state index in [1.165, 1.54) is 0 Å². The molecule has 0 aliphatic rings. The lowest BCUT2D eigenvalue weighted by atomic mass is 10.3. The summed E-state index contributed by atoms with van der Waals surface area (Å²) in [5, 5.41) is 0. The van der Waals surface area contributed by atoms with Crippen LogP contribution in [0.5, 0.6) is 5.75 Å². The highest BCUT2D eigenvalue weighted by molar-refractivity contribution is 7.80. The Morgan fingerprint density at radius 2 is 1.95 bits per heavy atom.